The molecule has 1 saturated heterocycles. The standard InChI is InChI=1S/C20H23NO5/c22-12-13-25-16-6-7-17(18(23)14-16)19(24)26-20(8-10-21-11-9-20)15-4-2-1-3-5-15/h1-7,14,21-23H,8-13H2. The van der Waals surface area contributed by atoms with E-state index < -0.39 is 11.6 Å². The molecule has 0 bridgehead atoms. The number of phenols is 1. The lowest BCUT2D eigenvalue weighted by molar-refractivity contribution is -0.0380. The van der Waals surface area contributed by atoms with E-state index in [-0.39, 0.29) is 24.5 Å². The minimum atomic E-state index is -0.706. The molecule has 0 radical (unpaired) electrons. The maximum absolute atomic E-state index is 12.8. The molecule has 1 heterocycles. The summed E-state index contributed by atoms with van der Waals surface area (Å²) in [5.41, 5.74) is 0.342. The number of hydrogen-bond acceptors (Lipinski definition) is 6. The first-order chi connectivity index (χ1) is 12.6. The van der Waals surface area contributed by atoms with Crippen LogP contribution in [0.5, 0.6) is 11.5 Å². The number of aliphatic hydroxyl groups is 1. The van der Waals surface area contributed by atoms with Gasteiger partial charge in [0.1, 0.15) is 29.3 Å². The van der Waals surface area contributed by atoms with Crippen LogP contribution in [0.2, 0.25) is 0 Å². The van der Waals surface area contributed by atoms with Gasteiger partial charge in [0, 0.05) is 18.9 Å². The molecule has 2 aromatic carbocycles. The molecule has 26 heavy (non-hydrogen) atoms. The largest absolute Gasteiger partial charge is 0.507 e. The Morgan fingerprint density at radius 3 is 2.50 bits per heavy atom. The second kappa shape index (κ2) is 8.21. The van der Waals surface area contributed by atoms with Crippen molar-refractivity contribution in [2.45, 2.75) is 18.4 Å². The molecule has 0 saturated carbocycles. The van der Waals surface area contributed by atoms with Crippen LogP contribution in [0.15, 0.2) is 48.5 Å². The van der Waals surface area contributed by atoms with Crippen LogP contribution in [0, 0.1) is 0 Å². The van der Waals surface area contributed by atoms with Crippen molar-refractivity contribution in [3.05, 3.63) is 59.7 Å². The van der Waals surface area contributed by atoms with Gasteiger partial charge in [-0.25, -0.2) is 4.79 Å². The average Bonchev–Trinajstić information content (AvgIpc) is 2.67. The molecule has 0 spiro atoms. The Kier molecular flexibility index (Phi) is 5.75. The predicted octanol–water partition coefficient (Wildman–Crippen LogP) is 2.20. The van der Waals surface area contributed by atoms with E-state index >= 15 is 0 Å². The minimum Gasteiger partial charge on any atom is -0.507 e. The zero-order chi connectivity index (χ0) is 18.4. The third-order valence-electron chi connectivity index (χ3n) is 4.55. The van der Waals surface area contributed by atoms with Crippen LogP contribution < -0.4 is 10.1 Å². The van der Waals surface area contributed by atoms with Gasteiger partial charge in [0.25, 0.3) is 0 Å². The molecule has 1 aliphatic heterocycles. The highest BCUT2D eigenvalue weighted by Crippen LogP contribution is 2.36. The van der Waals surface area contributed by atoms with E-state index in [1.54, 1.807) is 6.07 Å². The number of esters is 1. The summed E-state index contributed by atoms with van der Waals surface area (Å²) in [6, 6.07) is 14.1. The number of aromatic hydroxyl groups is 1. The normalized spacial score (nSPS) is 16.0. The maximum atomic E-state index is 12.8. The molecule has 1 fully saturated rings. The summed E-state index contributed by atoms with van der Waals surface area (Å²) in [6.07, 6.45) is 1.34. The Morgan fingerprint density at radius 2 is 1.85 bits per heavy atom. The summed E-state index contributed by atoms with van der Waals surface area (Å²) in [4.78, 5) is 12.8. The van der Waals surface area contributed by atoms with E-state index in [0.29, 0.717) is 18.6 Å². The monoisotopic (exact) mass is 357 g/mol. The molecule has 0 amide bonds. The van der Waals surface area contributed by atoms with E-state index in [9.17, 15) is 9.90 Å². The Morgan fingerprint density at radius 1 is 1.12 bits per heavy atom. The highest BCUT2D eigenvalue weighted by Gasteiger charge is 2.38. The Balaban J connectivity index is 1.82. The first-order valence-electron chi connectivity index (χ1n) is 8.71. The number of piperidine rings is 1. The van der Waals surface area contributed by atoms with Crippen molar-refractivity contribution in [3.63, 3.8) is 0 Å². The van der Waals surface area contributed by atoms with Gasteiger partial charge in [-0.15, -0.1) is 0 Å². The van der Waals surface area contributed by atoms with Gasteiger partial charge >= 0.3 is 5.97 Å². The number of nitrogens with one attached hydrogen (secondary N) is 1. The van der Waals surface area contributed by atoms with Crippen molar-refractivity contribution in [2.24, 2.45) is 0 Å². The molecule has 0 aromatic heterocycles. The molecule has 3 rings (SSSR count). The molecule has 0 atom stereocenters. The number of benzene rings is 2. The van der Waals surface area contributed by atoms with Crippen molar-refractivity contribution < 1.29 is 24.5 Å². The number of phenolic OH excluding ortho intramolecular Hbond substituents is 1. The van der Waals surface area contributed by atoms with Gasteiger partial charge in [0.05, 0.1) is 6.61 Å². The number of carbonyl (C=O) groups excluding carboxylic acids is 1. The highest BCUT2D eigenvalue weighted by atomic mass is 16.6. The zero-order valence-corrected chi connectivity index (χ0v) is 14.5. The third kappa shape index (κ3) is 3.98. The second-order valence-corrected chi connectivity index (χ2v) is 6.25. The lowest BCUT2D eigenvalue weighted by atomic mass is 9.84. The van der Waals surface area contributed by atoms with Gasteiger partial charge in [0.2, 0.25) is 0 Å². The quantitative estimate of drug-likeness (QED) is 0.687. The smallest absolute Gasteiger partial charge is 0.342 e. The molecular formula is C20H23NO5. The number of ether oxygens (including phenoxy) is 2. The number of hydrogen-bond donors (Lipinski definition) is 3. The maximum Gasteiger partial charge on any atom is 0.342 e. The second-order valence-electron chi connectivity index (χ2n) is 6.25. The summed E-state index contributed by atoms with van der Waals surface area (Å²) >= 11 is 0. The summed E-state index contributed by atoms with van der Waals surface area (Å²) in [6.45, 7) is 1.50. The molecule has 0 aliphatic carbocycles. The van der Waals surface area contributed by atoms with Crippen LogP contribution in [0.4, 0.5) is 0 Å². The lowest BCUT2D eigenvalue weighted by Crippen LogP contribution is -2.43. The molecule has 6 heteroatoms. The first-order valence-corrected chi connectivity index (χ1v) is 8.71. The van der Waals surface area contributed by atoms with Crippen LogP contribution >= 0.6 is 0 Å². The number of carbonyl (C=O) groups is 1. The predicted molar refractivity (Wildman–Crippen MR) is 96.3 cm³/mol. The molecule has 0 unspecified atom stereocenters. The van der Waals surface area contributed by atoms with Crippen molar-refractivity contribution in [1.29, 1.82) is 0 Å². The third-order valence-corrected chi connectivity index (χ3v) is 4.55. The highest BCUT2D eigenvalue weighted by molar-refractivity contribution is 5.93. The molecular weight excluding hydrogens is 334 g/mol. The van der Waals surface area contributed by atoms with Gasteiger partial charge in [-0.3, -0.25) is 0 Å². The van der Waals surface area contributed by atoms with Crippen LogP contribution in [0.3, 0.4) is 0 Å². The van der Waals surface area contributed by atoms with Crippen LogP contribution in [0.25, 0.3) is 0 Å². The molecule has 3 N–H and O–H groups in total. The average molecular weight is 357 g/mol. The molecule has 2 aromatic rings. The van der Waals surface area contributed by atoms with E-state index in [2.05, 4.69) is 5.32 Å². The Bertz CT molecular complexity index is 741. The van der Waals surface area contributed by atoms with Gasteiger partial charge < -0.3 is 25.0 Å². The van der Waals surface area contributed by atoms with Gasteiger partial charge in [-0.2, -0.15) is 0 Å². The Labute approximate surface area is 152 Å². The Hall–Kier alpha value is -2.57. The van der Waals surface area contributed by atoms with Crippen molar-refractivity contribution >= 4 is 5.97 Å². The van der Waals surface area contributed by atoms with E-state index in [1.165, 1.54) is 12.1 Å². The van der Waals surface area contributed by atoms with Crippen LogP contribution in [-0.4, -0.2) is 42.5 Å². The first kappa shape index (κ1) is 18.2. The fourth-order valence-electron chi connectivity index (χ4n) is 3.19. The summed E-state index contributed by atoms with van der Waals surface area (Å²) in [5.74, 6) is -0.391. The lowest BCUT2D eigenvalue weighted by Gasteiger charge is -2.37. The topological polar surface area (TPSA) is 88.0 Å². The fraction of sp³-hybridized carbons (Fsp3) is 0.350. The van der Waals surface area contributed by atoms with Gasteiger partial charge in [0.15, 0.2) is 0 Å². The van der Waals surface area contributed by atoms with Gasteiger partial charge in [-0.1, -0.05) is 30.3 Å². The van der Waals surface area contributed by atoms with Crippen molar-refractivity contribution in [2.75, 3.05) is 26.3 Å². The van der Waals surface area contributed by atoms with E-state index in [4.69, 9.17) is 14.6 Å². The zero-order valence-electron chi connectivity index (χ0n) is 14.5. The fourth-order valence-corrected chi connectivity index (χ4v) is 3.19. The SMILES string of the molecule is O=C(OC1(c2ccccc2)CCNCC1)c1ccc(OCCO)cc1O. The minimum absolute atomic E-state index is 0.0928. The number of rotatable bonds is 6. The van der Waals surface area contributed by atoms with E-state index in [1.807, 2.05) is 30.3 Å². The molecule has 6 nitrogen and oxygen atoms in total. The summed E-state index contributed by atoms with van der Waals surface area (Å²) in [7, 11) is 0. The van der Waals surface area contributed by atoms with Crippen LogP contribution in [0.1, 0.15) is 28.8 Å². The van der Waals surface area contributed by atoms with Crippen molar-refractivity contribution in [1.82, 2.24) is 5.32 Å². The molecule has 138 valence electrons. The summed E-state index contributed by atoms with van der Waals surface area (Å²) in [5, 5.41) is 22.3. The van der Waals surface area contributed by atoms with E-state index in [0.717, 1.165) is 18.7 Å². The number of aliphatic hydroxyl groups excluding tert-OH is 1. The summed E-state index contributed by atoms with van der Waals surface area (Å²) < 4.78 is 11.2. The van der Waals surface area contributed by atoms with Crippen LogP contribution in [-0.2, 0) is 10.3 Å². The van der Waals surface area contributed by atoms with Gasteiger partial charge in [-0.05, 0) is 30.8 Å². The van der Waals surface area contributed by atoms with Crippen molar-refractivity contribution in [3.8, 4) is 11.5 Å². The molecule has 1 aliphatic rings.